The van der Waals surface area contributed by atoms with E-state index in [9.17, 15) is 4.79 Å². The van der Waals surface area contributed by atoms with Crippen molar-refractivity contribution in [3.05, 3.63) is 102 Å². The molecule has 0 N–H and O–H groups in total. The lowest BCUT2D eigenvalue weighted by Gasteiger charge is -2.61. The molecule has 0 radical (unpaired) electrons. The van der Waals surface area contributed by atoms with Crippen molar-refractivity contribution in [2.75, 3.05) is 13.1 Å². The van der Waals surface area contributed by atoms with Crippen molar-refractivity contribution < 1.29 is 9.53 Å². The van der Waals surface area contributed by atoms with Gasteiger partial charge in [0.15, 0.2) is 0 Å². The first-order chi connectivity index (χ1) is 16.7. The number of hydrogen-bond donors (Lipinski definition) is 0. The van der Waals surface area contributed by atoms with Crippen molar-refractivity contribution >= 4 is 5.97 Å². The van der Waals surface area contributed by atoms with Crippen LogP contribution in [0.2, 0.25) is 0 Å². The summed E-state index contributed by atoms with van der Waals surface area (Å²) >= 11 is 0. The minimum atomic E-state index is -0.227. The molecule has 4 nitrogen and oxygen atoms in total. The zero-order chi connectivity index (χ0) is 23.0. The fourth-order valence-corrected chi connectivity index (χ4v) is 7.12. The van der Waals surface area contributed by atoms with E-state index in [1.165, 1.54) is 24.0 Å². The summed E-state index contributed by atoms with van der Waals surface area (Å²) in [6, 6.07) is 25.4. The Morgan fingerprint density at radius 2 is 1.35 bits per heavy atom. The molecule has 3 atom stereocenters. The van der Waals surface area contributed by atoms with Gasteiger partial charge in [-0.3, -0.25) is 9.88 Å². The van der Waals surface area contributed by atoms with Gasteiger partial charge < -0.3 is 4.74 Å². The molecule has 2 bridgehead atoms. The van der Waals surface area contributed by atoms with E-state index in [-0.39, 0.29) is 23.5 Å². The second kappa shape index (κ2) is 8.99. The molecular weight excluding hydrogens is 420 g/mol. The van der Waals surface area contributed by atoms with Gasteiger partial charge in [0.2, 0.25) is 0 Å². The first-order valence-corrected chi connectivity index (χ1v) is 12.7. The van der Waals surface area contributed by atoms with Crippen molar-refractivity contribution in [2.24, 2.45) is 5.92 Å². The first-order valence-electron chi connectivity index (χ1n) is 12.7. The topological polar surface area (TPSA) is 42.4 Å². The van der Waals surface area contributed by atoms with Crippen molar-refractivity contribution in [2.45, 2.75) is 55.6 Å². The van der Waals surface area contributed by atoms with Crippen molar-refractivity contribution in [1.82, 2.24) is 9.88 Å². The van der Waals surface area contributed by atoms with Gasteiger partial charge in [0.1, 0.15) is 6.10 Å². The molecule has 2 heterocycles. The van der Waals surface area contributed by atoms with Crippen LogP contribution in [-0.2, 0) is 4.74 Å². The van der Waals surface area contributed by atoms with Crippen LogP contribution in [-0.4, -0.2) is 40.6 Å². The normalized spacial score (nSPS) is 30.8. The molecule has 3 aromatic rings. The minimum Gasteiger partial charge on any atom is -0.458 e. The van der Waals surface area contributed by atoms with E-state index in [0.29, 0.717) is 17.4 Å². The average Bonchev–Trinajstić information content (AvgIpc) is 3.46. The molecule has 4 heteroatoms. The summed E-state index contributed by atoms with van der Waals surface area (Å²) in [7, 11) is 0. The number of aromatic nitrogens is 1. The van der Waals surface area contributed by atoms with Gasteiger partial charge in [-0.1, -0.05) is 60.7 Å². The quantitative estimate of drug-likeness (QED) is 0.457. The van der Waals surface area contributed by atoms with E-state index in [0.717, 1.165) is 32.4 Å². The summed E-state index contributed by atoms with van der Waals surface area (Å²) in [4.78, 5) is 20.0. The first kappa shape index (κ1) is 21.5. The zero-order valence-electron chi connectivity index (χ0n) is 19.6. The number of esters is 1. The summed E-state index contributed by atoms with van der Waals surface area (Å²) in [6.07, 6.45) is 8.96. The predicted molar refractivity (Wildman–Crippen MR) is 133 cm³/mol. The van der Waals surface area contributed by atoms with Gasteiger partial charge in [-0.25, -0.2) is 4.79 Å². The molecule has 1 aliphatic heterocycles. The molecule has 4 aliphatic rings. The van der Waals surface area contributed by atoms with Crippen LogP contribution in [0.1, 0.15) is 65.4 Å². The number of nitrogens with zero attached hydrogens (tertiary/aromatic N) is 2. The van der Waals surface area contributed by atoms with Crippen LogP contribution in [0.15, 0.2) is 85.2 Å². The summed E-state index contributed by atoms with van der Waals surface area (Å²) in [5.41, 5.74) is 3.40. The number of ether oxygens (including phenoxy) is 1. The third kappa shape index (κ3) is 3.84. The summed E-state index contributed by atoms with van der Waals surface area (Å²) < 4.78 is 6.41. The monoisotopic (exact) mass is 452 g/mol. The fourth-order valence-electron chi connectivity index (χ4n) is 7.12. The van der Waals surface area contributed by atoms with Crippen LogP contribution in [0.4, 0.5) is 0 Å². The Morgan fingerprint density at radius 1 is 0.794 bits per heavy atom. The van der Waals surface area contributed by atoms with Crippen molar-refractivity contribution in [3.63, 3.8) is 0 Å². The highest BCUT2D eigenvalue weighted by Gasteiger charge is 2.59. The van der Waals surface area contributed by atoms with Gasteiger partial charge in [0.25, 0.3) is 0 Å². The van der Waals surface area contributed by atoms with Gasteiger partial charge in [0, 0.05) is 30.3 Å². The second-order valence-electron chi connectivity index (χ2n) is 10.3. The predicted octanol–water partition coefficient (Wildman–Crippen LogP) is 5.82. The largest absolute Gasteiger partial charge is 0.458 e. The number of likely N-dealkylation sites (tertiary alicyclic amines) is 1. The molecule has 0 amide bonds. The van der Waals surface area contributed by atoms with Gasteiger partial charge >= 0.3 is 5.97 Å². The number of benzene rings is 2. The second-order valence-corrected chi connectivity index (χ2v) is 10.3. The van der Waals surface area contributed by atoms with Crippen molar-refractivity contribution in [1.29, 1.82) is 0 Å². The lowest BCUT2D eigenvalue weighted by Crippen LogP contribution is -2.62. The lowest BCUT2D eigenvalue weighted by atomic mass is 9.51. The van der Waals surface area contributed by atoms with E-state index in [4.69, 9.17) is 4.74 Å². The number of rotatable bonds is 5. The molecule has 3 saturated carbocycles. The molecule has 34 heavy (non-hydrogen) atoms. The third-order valence-corrected chi connectivity index (χ3v) is 8.55. The number of carbonyl (C=O) groups is 1. The lowest BCUT2D eigenvalue weighted by molar-refractivity contribution is -0.105. The highest BCUT2D eigenvalue weighted by Crippen LogP contribution is 2.61. The van der Waals surface area contributed by atoms with Crippen LogP contribution < -0.4 is 0 Å². The Hall–Kier alpha value is -2.98. The molecule has 4 fully saturated rings. The number of pyridine rings is 1. The maximum absolute atomic E-state index is 13.2. The van der Waals surface area contributed by atoms with Gasteiger partial charge in [-0.2, -0.15) is 0 Å². The fraction of sp³-hybridized carbons (Fsp3) is 0.400. The molecule has 2 aromatic carbocycles. The van der Waals surface area contributed by atoms with Crippen molar-refractivity contribution in [3.8, 4) is 0 Å². The number of carbonyl (C=O) groups excluding carboxylic acids is 1. The average molecular weight is 453 g/mol. The number of fused-ring (bicyclic) bond motifs is 3. The molecular formula is C30H32N2O2. The van der Waals surface area contributed by atoms with E-state index in [1.807, 2.05) is 0 Å². The van der Waals surface area contributed by atoms with E-state index >= 15 is 0 Å². The maximum Gasteiger partial charge on any atom is 0.338 e. The van der Waals surface area contributed by atoms with Crippen LogP contribution in [0.25, 0.3) is 0 Å². The smallest absolute Gasteiger partial charge is 0.338 e. The molecule has 3 aliphatic carbocycles. The molecule has 0 spiro atoms. The number of hydrogen-bond acceptors (Lipinski definition) is 4. The zero-order valence-corrected chi connectivity index (χ0v) is 19.6. The van der Waals surface area contributed by atoms with Crippen LogP contribution in [0, 0.1) is 5.92 Å². The summed E-state index contributed by atoms with van der Waals surface area (Å²) in [5, 5.41) is 0. The summed E-state index contributed by atoms with van der Waals surface area (Å²) in [5.74, 6) is 0.768. The van der Waals surface area contributed by atoms with E-state index < -0.39 is 0 Å². The molecule has 1 aromatic heterocycles. The Morgan fingerprint density at radius 3 is 1.91 bits per heavy atom. The van der Waals surface area contributed by atoms with E-state index in [2.05, 4.69) is 70.5 Å². The Bertz CT molecular complexity index is 1060. The third-order valence-electron chi connectivity index (χ3n) is 8.55. The Labute approximate surface area is 202 Å². The van der Waals surface area contributed by atoms with Gasteiger partial charge in [-0.15, -0.1) is 0 Å². The highest BCUT2D eigenvalue weighted by molar-refractivity contribution is 5.89. The summed E-state index contributed by atoms with van der Waals surface area (Å²) in [6.45, 7) is 2.30. The Balaban J connectivity index is 1.43. The van der Waals surface area contributed by atoms with Gasteiger partial charge in [0.05, 0.1) is 5.56 Å². The maximum atomic E-state index is 13.2. The molecule has 7 rings (SSSR count). The molecule has 1 saturated heterocycles. The standard InChI is InChI=1S/C30H32N2O2/c33-29(24-13-15-31-16-14-24)34-27-21-30(32-17-7-8-18-32)19-25(22-9-3-1-4-10-22)28(27)26(20-30)23-11-5-2-6-12-23/h1-6,9-16,25-28H,7-8,17-21H2/t25-,26-,27+,28?,30?/m0/s1. The molecule has 174 valence electrons. The van der Waals surface area contributed by atoms with Crippen LogP contribution >= 0.6 is 0 Å². The van der Waals surface area contributed by atoms with Crippen LogP contribution in [0.3, 0.4) is 0 Å². The minimum absolute atomic E-state index is 0.0649. The molecule has 0 unspecified atom stereocenters. The van der Waals surface area contributed by atoms with E-state index in [1.54, 1.807) is 24.5 Å². The van der Waals surface area contributed by atoms with Crippen LogP contribution in [0.5, 0.6) is 0 Å². The highest BCUT2D eigenvalue weighted by atomic mass is 16.5. The SMILES string of the molecule is O=C(O[C@@H]1CC2(N3CCCC3)C[C@@H](c3ccccc3)C1[C@H](c1ccccc1)C2)c1ccncc1. The Kier molecular flexibility index (Phi) is 5.70. The van der Waals surface area contributed by atoms with Gasteiger partial charge in [-0.05, 0) is 73.9 Å².